The molecule has 0 bridgehead atoms. The number of carbonyl (C=O) groups is 1. The topological polar surface area (TPSA) is 79.5 Å². The lowest BCUT2D eigenvalue weighted by Gasteiger charge is -2.24. The van der Waals surface area contributed by atoms with Gasteiger partial charge in [-0.3, -0.25) is 4.79 Å². The molecule has 5 rings (SSSR count). The SMILES string of the molecule is Cc1ccc(-c2nc(-c3cccc4c3CC[C@@]43CC(=O)N(CCO)C3)no2)cc1. The standard InChI is InChI=1S/C23H23N3O3/c1-15-5-7-16(8-6-15)22-24-21(25-29-22)18-3-2-4-19-17(18)9-10-23(19)13-20(28)26(14-23)11-12-27/h2-8,27H,9-14H2,1H3/t23-/m0/s1. The molecule has 1 spiro atoms. The number of likely N-dealkylation sites (tertiary alicyclic amines) is 1. The van der Waals surface area contributed by atoms with Crippen molar-refractivity contribution in [2.45, 2.75) is 31.6 Å². The molecule has 2 heterocycles. The number of hydrogen-bond acceptors (Lipinski definition) is 5. The van der Waals surface area contributed by atoms with E-state index in [0.717, 1.165) is 24.0 Å². The van der Waals surface area contributed by atoms with Gasteiger partial charge in [-0.05, 0) is 43.0 Å². The van der Waals surface area contributed by atoms with Crippen LogP contribution in [0, 0.1) is 6.92 Å². The summed E-state index contributed by atoms with van der Waals surface area (Å²) in [6, 6.07) is 14.2. The van der Waals surface area contributed by atoms with E-state index in [4.69, 9.17) is 4.52 Å². The molecule has 1 fully saturated rings. The van der Waals surface area contributed by atoms with E-state index in [2.05, 4.69) is 16.2 Å². The molecule has 6 nitrogen and oxygen atoms in total. The number of aliphatic hydroxyl groups excluding tert-OH is 1. The van der Waals surface area contributed by atoms with E-state index in [0.29, 0.717) is 31.2 Å². The number of carbonyl (C=O) groups excluding carboxylic acids is 1. The third kappa shape index (κ3) is 2.95. The number of aryl methyl sites for hydroxylation is 1. The largest absolute Gasteiger partial charge is 0.395 e. The molecule has 0 saturated carbocycles. The van der Waals surface area contributed by atoms with E-state index in [1.807, 2.05) is 43.3 Å². The van der Waals surface area contributed by atoms with Crippen LogP contribution in [0.25, 0.3) is 22.8 Å². The molecule has 1 amide bonds. The number of benzene rings is 2. The molecule has 1 aliphatic carbocycles. The Kier molecular flexibility index (Phi) is 4.24. The van der Waals surface area contributed by atoms with Crippen molar-refractivity contribution in [3.05, 3.63) is 59.2 Å². The average molecular weight is 389 g/mol. The van der Waals surface area contributed by atoms with Crippen molar-refractivity contribution in [2.24, 2.45) is 0 Å². The van der Waals surface area contributed by atoms with Crippen molar-refractivity contribution in [1.82, 2.24) is 15.0 Å². The van der Waals surface area contributed by atoms with Crippen LogP contribution in [-0.4, -0.2) is 45.8 Å². The number of hydrogen-bond donors (Lipinski definition) is 1. The van der Waals surface area contributed by atoms with Gasteiger partial charge in [0.25, 0.3) is 5.89 Å². The van der Waals surface area contributed by atoms with Crippen molar-refractivity contribution in [2.75, 3.05) is 19.7 Å². The highest BCUT2D eigenvalue weighted by Gasteiger charge is 2.48. The Hall–Kier alpha value is -2.99. The highest BCUT2D eigenvalue weighted by molar-refractivity contribution is 5.82. The molecular weight excluding hydrogens is 366 g/mol. The fourth-order valence-corrected chi connectivity index (χ4v) is 4.79. The second kappa shape index (κ2) is 6.81. The number of fused-ring (bicyclic) bond motifs is 2. The number of β-amino-alcohol motifs (C(OH)–C–C–N with tert-alkyl or cyclic N) is 1. The average Bonchev–Trinajstić information content (AvgIpc) is 3.42. The van der Waals surface area contributed by atoms with Crippen LogP contribution in [0.15, 0.2) is 47.0 Å². The minimum absolute atomic E-state index is 0.000631. The molecule has 2 aliphatic rings. The maximum Gasteiger partial charge on any atom is 0.258 e. The van der Waals surface area contributed by atoms with Gasteiger partial charge in [0.05, 0.1) is 6.61 Å². The van der Waals surface area contributed by atoms with Crippen LogP contribution >= 0.6 is 0 Å². The summed E-state index contributed by atoms with van der Waals surface area (Å²) in [5.74, 6) is 1.22. The van der Waals surface area contributed by atoms with Crippen molar-refractivity contribution in [3.63, 3.8) is 0 Å². The smallest absolute Gasteiger partial charge is 0.258 e. The highest BCUT2D eigenvalue weighted by Crippen LogP contribution is 2.48. The van der Waals surface area contributed by atoms with E-state index in [1.165, 1.54) is 16.7 Å². The van der Waals surface area contributed by atoms with Gasteiger partial charge >= 0.3 is 0 Å². The zero-order valence-electron chi connectivity index (χ0n) is 16.4. The lowest BCUT2D eigenvalue weighted by molar-refractivity contribution is -0.128. The zero-order chi connectivity index (χ0) is 20.0. The van der Waals surface area contributed by atoms with Crippen molar-refractivity contribution < 1.29 is 14.4 Å². The van der Waals surface area contributed by atoms with Crippen molar-refractivity contribution in [1.29, 1.82) is 0 Å². The van der Waals surface area contributed by atoms with Gasteiger partial charge in [0, 0.05) is 36.1 Å². The molecule has 0 radical (unpaired) electrons. The molecule has 1 aromatic heterocycles. The Bertz CT molecular complexity index is 1070. The molecule has 1 N–H and O–H groups in total. The highest BCUT2D eigenvalue weighted by atomic mass is 16.5. The maximum atomic E-state index is 12.4. The molecule has 6 heteroatoms. The molecule has 1 aliphatic heterocycles. The minimum atomic E-state index is -0.166. The molecule has 2 aromatic carbocycles. The van der Waals surface area contributed by atoms with Crippen molar-refractivity contribution >= 4 is 5.91 Å². The predicted octanol–water partition coefficient (Wildman–Crippen LogP) is 3.12. The Labute approximate surface area is 169 Å². The van der Waals surface area contributed by atoms with E-state index in [1.54, 1.807) is 4.90 Å². The molecule has 1 atom stereocenters. The fourth-order valence-electron chi connectivity index (χ4n) is 4.79. The monoisotopic (exact) mass is 389 g/mol. The van der Waals surface area contributed by atoms with Crippen LogP contribution < -0.4 is 0 Å². The van der Waals surface area contributed by atoms with Crippen LogP contribution in [-0.2, 0) is 16.6 Å². The number of rotatable bonds is 4. The first-order valence-corrected chi connectivity index (χ1v) is 10.0. The fraction of sp³-hybridized carbons (Fsp3) is 0.348. The summed E-state index contributed by atoms with van der Waals surface area (Å²) >= 11 is 0. The summed E-state index contributed by atoms with van der Waals surface area (Å²) in [6.07, 6.45) is 2.32. The van der Waals surface area contributed by atoms with Gasteiger partial charge in [-0.15, -0.1) is 0 Å². The molecule has 148 valence electrons. The van der Waals surface area contributed by atoms with Crippen LogP contribution in [0.2, 0.25) is 0 Å². The van der Waals surface area contributed by atoms with Gasteiger partial charge in [-0.25, -0.2) is 0 Å². The Morgan fingerprint density at radius 1 is 1.21 bits per heavy atom. The van der Waals surface area contributed by atoms with E-state index in [9.17, 15) is 9.90 Å². The van der Waals surface area contributed by atoms with E-state index in [-0.39, 0.29) is 17.9 Å². The predicted molar refractivity (Wildman–Crippen MR) is 108 cm³/mol. The first-order chi connectivity index (χ1) is 14.1. The van der Waals surface area contributed by atoms with Crippen molar-refractivity contribution in [3.8, 4) is 22.8 Å². The van der Waals surface area contributed by atoms with Gasteiger partial charge in [0.1, 0.15) is 0 Å². The van der Waals surface area contributed by atoms with Gasteiger partial charge in [-0.2, -0.15) is 4.98 Å². The second-order valence-electron chi connectivity index (χ2n) is 8.12. The van der Waals surface area contributed by atoms with Gasteiger partial charge in [0.15, 0.2) is 0 Å². The first-order valence-electron chi connectivity index (χ1n) is 10.0. The number of nitrogens with zero attached hydrogens (tertiary/aromatic N) is 3. The molecule has 29 heavy (non-hydrogen) atoms. The normalized spacial score (nSPS) is 20.6. The van der Waals surface area contributed by atoms with Gasteiger partial charge in [0.2, 0.25) is 11.7 Å². The molecular formula is C23H23N3O3. The lowest BCUT2D eigenvalue weighted by Crippen LogP contribution is -2.32. The maximum absolute atomic E-state index is 12.4. The summed E-state index contributed by atoms with van der Waals surface area (Å²) in [7, 11) is 0. The summed E-state index contributed by atoms with van der Waals surface area (Å²) in [6.45, 7) is 3.12. The van der Waals surface area contributed by atoms with Crippen LogP contribution in [0.4, 0.5) is 0 Å². The number of aliphatic hydroxyl groups is 1. The van der Waals surface area contributed by atoms with E-state index < -0.39 is 0 Å². The molecule has 3 aromatic rings. The quantitative estimate of drug-likeness (QED) is 0.742. The third-order valence-corrected chi connectivity index (χ3v) is 6.27. The van der Waals surface area contributed by atoms with Gasteiger partial charge in [-0.1, -0.05) is 41.1 Å². The van der Waals surface area contributed by atoms with Crippen LogP contribution in [0.1, 0.15) is 29.5 Å². The number of aromatic nitrogens is 2. The second-order valence-corrected chi connectivity index (χ2v) is 8.12. The summed E-state index contributed by atoms with van der Waals surface area (Å²) in [5.41, 5.74) is 5.32. The molecule has 0 unspecified atom stereocenters. The van der Waals surface area contributed by atoms with Crippen LogP contribution in [0.3, 0.4) is 0 Å². The number of amides is 1. The first kappa shape index (κ1) is 18.1. The Morgan fingerprint density at radius 3 is 2.83 bits per heavy atom. The molecule has 1 saturated heterocycles. The third-order valence-electron chi connectivity index (χ3n) is 6.27. The lowest BCUT2D eigenvalue weighted by atomic mass is 9.80. The summed E-state index contributed by atoms with van der Waals surface area (Å²) in [5, 5.41) is 13.5. The Morgan fingerprint density at radius 2 is 2.03 bits per heavy atom. The summed E-state index contributed by atoms with van der Waals surface area (Å²) in [4.78, 5) is 18.9. The minimum Gasteiger partial charge on any atom is -0.395 e. The Balaban J connectivity index is 1.50. The van der Waals surface area contributed by atoms with Gasteiger partial charge < -0.3 is 14.5 Å². The van der Waals surface area contributed by atoms with Crippen LogP contribution in [0.5, 0.6) is 0 Å². The zero-order valence-corrected chi connectivity index (χ0v) is 16.4. The summed E-state index contributed by atoms with van der Waals surface area (Å²) < 4.78 is 5.54. The van der Waals surface area contributed by atoms with E-state index >= 15 is 0 Å².